The molecular formula is C10H15ClN2OS. The zero-order valence-electron chi connectivity index (χ0n) is 8.90. The van der Waals surface area contributed by atoms with Crippen molar-refractivity contribution < 1.29 is 5.11 Å². The van der Waals surface area contributed by atoms with Gasteiger partial charge in [-0.2, -0.15) is 0 Å². The highest BCUT2D eigenvalue weighted by atomic mass is 35.5. The molecule has 1 rings (SSSR count). The van der Waals surface area contributed by atoms with Gasteiger partial charge in [-0.05, 0) is 12.3 Å². The number of aliphatic hydroxyl groups is 1. The van der Waals surface area contributed by atoms with Gasteiger partial charge in [0.05, 0.1) is 0 Å². The molecule has 0 saturated heterocycles. The standard InChI is InChI=1S/C10H15ClN2OS/c1-3-8-9(11)12-6-13-10(8)15-5-7(2)4-14/h6-7,14H,3-5H2,1-2H3. The zero-order chi connectivity index (χ0) is 11.3. The Hall–Kier alpha value is -0.320. The van der Waals surface area contributed by atoms with E-state index in [4.69, 9.17) is 16.7 Å². The highest BCUT2D eigenvalue weighted by molar-refractivity contribution is 7.99. The molecule has 1 N–H and O–H groups in total. The van der Waals surface area contributed by atoms with Crippen molar-refractivity contribution in [3.63, 3.8) is 0 Å². The Balaban J connectivity index is 2.72. The Labute approximate surface area is 99.3 Å². The summed E-state index contributed by atoms with van der Waals surface area (Å²) in [6.45, 7) is 4.23. The van der Waals surface area contributed by atoms with E-state index in [0.29, 0.717) is 5.15 Å². The average molecular weight is 247 g/mol. The first-order valence-electron chi connectivity index (χ1n) is 4.92. The molecule has 5 heteroatoms. The van der Waals surface area contributed by atoms with E-state index in [1.54, 1.807) is 11.8 Å². The largest absolute Gasteiger partial charge is 0.396 e. The van der Waals surface area contributed by atoms with Crippen molar-refractivity contribution in [3.05, 3.63) is 17.0 Å². The van der Waals surface area contributed by atoms with Gasteiger partial charge in [-0.1, -0.05) is 25.4 Å². The molecule has 1 unspecified atom stereocenters. The molecule has 0 bridgehead atoms. The predicted octanol–water partition coefficient (Wildman–Crippen LogP) is 2.41. The summed E-state index contributed by atoms with van der Waals surface area (Å²) in [5, 5.41) is 10.4. The molecule has 1 aromatic rings. The van der Waals surface area contributed by atoms with Gasteiger partial charge in [0.25, 0.3) is 0 Å². The molecule has 3 nitrogen and oxygen atoms in total. The lowest BCUT2D eigenvalue weighted by atomic mass is 10.2. The van der Waals surface area contributed by atoms with Crippen LogP contribution in [0.25, 0.3) is 0 Å². The summed E-state index contributed by atoms with van der Waals surface area (Å²) in [4.78, 5) is 8.15. The minimum Gasteiger partial charge on any atom is -0.396 e. The molecule has 0 amide bonds. The van der Waals surface area contributed by atoms with Crippen molar-refractivity contribution in [1.82, 2.24) is 9.97 Å². The fourth-order valence-electron chi connectivity index (χ4n) is 1.07. The summed E-state index contributed by atoms with van der Waals surface area (Å²) in [6, 6.07) is 0. The third-order valence-corrected chi connectivity index (χ3v) is 3.71. The second-order valence-electron chi connectivity index (χ2n) is 3.40. The van der Waals surface area contributed by atoms with Crippen molar-refractivity contribution in [1.29, 1.82) is 0 Å². The van der Waals surface area contributed by atoms with Crippen LogP contribution in [0.15, 0.2) is 11.4 Å². The maximum absolute atomic E-state index is 8.92. The number of hydrogen-bond donors (Lipinski definition) is 1. The summed E-state index contributed by atoms with van der Waals surface area (Å²) >= 11 is 7.59. The van der Waals surface area contributed by atoms with Crippen LogP contribution >= 0.6 is 23.4 Å². The van der Waals surface area contributed by atoms with E-state index in [-0.39, 0.29) is 12.5 Å². The Morgan fingerprint density at radius 2 is 2.27 bits per heavy atom. The molecule has 84 valence electrons. The van der Waals surface area contributed by atoms with Gasteiger partial charge in [-0.25, -0.2) is 9.97 Å². The third kappa shape index (κ3) is 3.63. The van der Waals surface area contributed by atoms with E-state index in [1.165, 1.54) is 6.33 Å². The third-order valence-electron chi connectivity index (χ3n) is 2.02. The van der Waals surface area contributed by atoms with Gasteiger partial charge < -0.3 is 5.11 Å². The topological polar surface area (TPSA) is 46.0 Å². The minimum absolute atomic E-state index is 0.202. The number of nitrogens with zero attached hydrogens (tertiary/aromatic N) is 2. The van der Waals surface area contributed by atoms with E-state index in [1.807, 2.05) is 13.8 Å². The summed E-state index contributed by atoms with van der Waals surface area (Å²) < 4.78 is 0. The van der Waals surface area contributed by atoms with Crippen LogP contribution in [-0.4, -0.2) is 27.4 Å². The molecule has 0 fully saturated rings. The maximum Gasteiger partial charge on any atom is 0.136 e. The van der Waals surface area contributed by atoms with Crippen molar-refractivity contribution in [3.8, 4) is 0 Å². The molecule has 0 aliphatic rings. The van der Waals surface area contributed by atoms with Crippen molar-refractivity contribution in [2.75, 3.05) is 12.4 Å². The molecule has 0 spiro atoms. The van der Waals surface area contributed by atoms with E-state index < -0.39 is 0 Å². The highest BCUT2D eigenvalue weighted by Crippen LogP contribution is 2.26. The molecular weight excluding hydrogens is 232 g/mol. The molecule has 0 aliphatic carbocycles. The average Bonchev–Trinajstić information content (AvgIpc) is 2.25. The van der Waals surface area contributed by atoms with E-state index in [0.717, 1.165) is 22.8 Å². The highest BCUT2D eigenvalue weighted by Gasteiger charge is 2.09. The first kappa shape index (κ1) is 12.7. The zero-order valence-corrected chi connectivity index (χ0v) is 10.5. The summed E-state index contributed by atoms with van der Waals surface area (Å²) in [7, 11) is 0. The van der Waals surface area contributed by atoms with Gasteiger partial charge in [-0.15, -0.1) is 11.8 Å². The van der Waals surface area contributed by atoms with Crippen LogP contribution in [0, 0.1) is 5.92 Å². The van der Waals surface area contributed by atoms with E-state index in [9.17, 15) is 0 Å². The first-order chi connectivity index (χ1) is 7.19. The maximum atomic E-state index is 8.92. The van der Waals surface area contributed by atoms with E-state index >= 15 is 0 Å². The van der Waals surface area contributed by atoms with Crippen LogP contribution in [0.3, 0.4) is 0 Å². The molecule has 0 aliphatic heterocycles. The number of thioether (sulfide) groups is 1. The SMILES string of the molecule is CCc1c(Cl)ncnc1SCC(C)CO. The fourth-order valence-corrected chi connectivity index (χ4v) is 2.48. The number of hydrogen-bond acceptors (Lipinski definition) is 4. The molecule has 1 atom stereocenters. The lowest BCUT2D eigenvalue weighted by molar-refractivity contribution is 0.250. The van der Waals surface area contributed by atoms with Gasteiger partial charge in [0.1, 0.15) is 16.5 Å². The number of aliphatic hydroxyl groups excluding tert-OH is 1. The summed E-state index contributed by atoms with van der Waals surface area (Å²) in [6.07, 6.45) is 2.31. The van der Waals surface area contributed by atoms with Crippen LogP contribution in [0.4, 0.5) is 0 Å². The van der Waals surface area contributed by atoms with Crippen molar-refractivity contribution in [2.24, 2.45) is 5.92 Å². The molecule has 1 heterocycles. The Bertz CT molecular complexity index is 322. The fraction of sp³-hybridized carbons (Fsp3) is 0.600. The van der Waals surface area contributed by atoms with Crippen LogP contribution < -0.4 is 0 Å². The molecule has 0 aromatic carbocycles. The Morgan fingerprint density at radius 1 is 1.53 bits per heavy atom. The quantitative estimate of drug-likeness (QED) is 0.640. The molecule has 0 radical (unpaired) electrons. The van der Waals surface area contributed by atoms with Crippen LogP contribution in [0.1, 0.15) is 19.4 Å². The lowest BCUT2D eigenvalue weighted by Crippen LogP contribution is -2.04. The smallest absolute Gasteiger partial charge is 0.136 e. The molecule has 0 saturated carbocycles. The minimum atomic E-state index is 0.202. The van der Waals surface area contributed by atoms with Gasteiger partial charge >= 0.3 is 0 Å². The first-order valence-corrected chi connectivity index (χ1v) is 6.28. The van der Waals surface area contributed by atoms with Crippen molar-refractivity contribution >= 4 is 23.4 Å². The normalized spacial score (nSPS) is 12.8. The van der Waals surface area contributed by atoms with Crippen LogP contribution in [0.5, 0.6) is 0 Å². The summed E-state index contributed by atoms with van der Waals surface area (Å²) in [5.41, 5.74) is 0.995. The van der Waals surface area contributed by atoms with Gasteiger partial charge in [0, 0.05) is 17.9 Å². The monoisotopic (exact) mass is 246 g/mol. The Kier molecular flexibility index (Phi) is 5.36. The van der Waals surface area contributed by atoms with Crippen LogP contribution in [0.2, 0.25) is 5.15 Å². The number of aromatic nitrogens is 2. The predicted molar refractivity (Wildman–Crippen MR) is 63.4 cm³/mol. The Morgan fingerprint density at radius 3 is 2.87 bits per heavy atom. The summed E-state index contributed by atoms with van der Waals surface area (Å²) in [5.74, 6) is 1.12. The van der Waals surface area contributed by atoms with E-state index in [2.05, 4.69) is 9.97 Å². The lowest BCUT2D eigenvalue weighted by Gasteiger charge is -2.09. The van der Waals surface area contributed by atoms with Gasteiger partial charge in [0.2, 0.25) is 0 Å². The molecule has 1 aromatic heterocycles. The number of rotatable bonds is 5. The van der Waals surface area contributed by atoms with Gasteiger partial charge in [0.15, 0.2) is 0 Å². The second-order valence-corrected chi connectivity index (χ2v) is 4.77. The second kappa shape index (κ2) is 6.30. The number of halogens is 1. The van der Waals surface area contributed by atoms with Crippen LogP contribution in [-0.2, 0) is 6.42 Å². The van der Waals surface area contributed by atoms with Gasteiger partial charge in [-0.3, -0.25) is 0 Å². The molecule has 15 heavy (non-hydrogen) atoms. The van der Waals surface area contributed by atoms with Crippen molar-refractivity contribution in [2.45, 2.75) is 25.3 Å².